The third-order valence-corrected chi connectivity index (χ3v) is 3.02. The van der Waals surface area contributed by atoms with E-state index in [4.69, 9.17) is 4.74 Å². The van der Waals surface area contributed by atoms with Crippen molar-refractivity contribution >= 4 is 5.91 Å². The van der Waals surface area contributed by atoms with Crippen LogP contribution >= 0.6 is 0 Å². The highest BCUT2D eigenvalue weighted by molar-refractivity contribution is 5.76. The Bertz CT molecular complexity index is 468. The molecule has 3 N–H and O–H groups in total. The highest BCUT2D eigenvalue weighted by atomic mass is 16.5. The fourth-order valence-corrected chi connectivity index (χ4v) is 1.92. The van der Waals surface area contributed by atoms with Crippen LogP contribution in [-0.4, -0.2) is 46.6 Å². The number of aromatic amines is 1. The van der Waals surface area contributed by atoms with Crippen LogP contribution in [0.2, 0.25) is 0 Å². The Hall–Kier alpha value is -1.73. The zero-order chi connectivity index (χ0) is 13.7. The summed E-state index contributed by atoms with van der Waals surface area (Å²) in [5, 5.41) is 18.6. The van der Waals surface area contributed by atoms with Gasteiger partial charge in [-0.1, -0.05) is 0 Å². The molecule has 0 bridgehead atoms. The van der Waals surface area contributed by atoms with Crippen LogP contribution in [0.1, 0.15) is 18.5 Å². The van der Waals surface area contributed by atoms with Crippen LogP contribution in [-0.2, 0) is 16.0 Å². The second kappa shape index (κ2) is 6.44. The molecule has 1 aliphatic heterocycles. The molecular formula is C12H17N3O4. The molecule has 1 aliphatic rings. The van der Waals surface area contributed by atoms with E-state index >= 15 is 0 Å². The lowest BCUT2D eigenvalue weighted by atomic mass is 10.1. The Morgan fingerprint density at radius 3 is 3.11 bits per heavy atom. The van der Waals surface area contributed by atoms with E-state index in [9.17, 15) is 14.7 Å². The highest BCUT2D eigenvalue weighted by Crippen LogP contribution is 2.08. The molecule has 0 unspecified atom stereocenters. The summed E-state index contributed by atoms with van der Waals surface area (Å²) >= 11 is 0. The lowest BCUT2D eigenvalue weighted by Crippen LogP contribution is -2.48. The second-order valence-electron chi connectivity index (χ2n) is 4.52. The van der Waals surface area contributed by atoms with Gasteiger partial charge in [-0.25, -0.2) is 5.10 Å². The molecule has 0 aromatic carbocycles. The van der Waals surface area contributed by atoms with Gasteiger partial charge in [0.15, 0.2) is 0 Å². The minimum Gasteiger partial charge on any atom is -0.389 e. The van der Waals surface area contributed by atoms with Crippen molar-refractivity contribution in [3.8, 4) is 0 Å². The number of aromatic nitrogens is 2. The summed E-state index contributed by atoms with van der Waals surface area (Å²) in [4.78, 5) is 22.6. The van der Waals surface area contributed by atoms with E-state index in [1.165, 1.54) is 6.07 Å². The largest absolute Gasteiger partial charge is 0.389 e. The number of H-pyrrole nitrogens is 1. The third-order valence-electron chi connectivity index (χ3n) is 3.02. The van der Waals surface area contributed by atoms with Crippen molar-refractivity contribution in [1.29, 1.82) is 0 Å². The summed E-state index contributed by atoms with van der Waals surface area (Å²) < 4.78 is 5.09. The first kappa shape index (κ1) is 13.7. The average Bonchev–Trinajstić information content (AvgIpc) is 2.41. The summed E-state index contributed by atoms with van der Waals surface area (Å²) in [7, 11) is 0. The Morgan fingerprint density at radius 2 is 2.42 bits per heavy atom. The summed E-state index contributed by atoms with van der Waals surface area (Å²) in [5.74, 6) is -0.140. The molecule has 7 heteroatoms. The molecular weight excluding hydrogens is 250 g/mol. The molecule has 2 atom stereocenters. The number of rotatable bonds is 4. The van der Waals surface area contributed by atoms with Crippen LogP contribution in [0, 0.1) is 0 Å². The van der Waals surface area contributed by atoms with Crippen molar-refractivity contribution < 1.29 is 14.6 Å². The number of hydrogen-bond donors (Lipinski definition) is 3. The number of ether oxygens (including phenoxy) is 1. The summed E-state index contributed by atoms with van der Waals surface area (Å²) in [6.07, 6.45) is 0.679. The number of nitrogens with one attached hydrogen (secondary N) is 2. The molecule has 0 aliphatic carbocycles. The maximum absolute atomic E-state index is 11.7. The first-order valence-corrected chi connectivity index (χ1v) is 6.25. The molecule has 1 saturated heterocycles. The summed E-state index contributed by atoms with van der Waals surface area (Å²) in [5.41, 5.74) is 0.390. The van der Waals surface area contributed by atoms with Gasteiger partial charge < -0.3 is 15.2 Å². The predicted octanol–water partition coefficient (Wildman–Crippen LogP) is -1.03. The quantitative estimate of drug-likeness (QED) is 0.647. The van der Waals surface area contributed by atoms with E-state index in [0.29, 0.717) is 25.1 Å². The maximum atomic E-state index is 11.7. The van der Waals surface area contributed by atoms with Crippen LogP contribution < -0.4 is 10.9 Å². The zero-order valence-corrected chi connectivity index (χ0v) is 10.5. The molecule has 1 aromatic rings. The van der Waals surface area contributed by atoms with E-state index in [1.54, 1.807) is 6.07 Å². The van der Waals surface area contributed by atoms with Crippen molar-refractivity contribution in [2.75, 3.05) is 13.2 Å². The summed E-state index contributed by atoms with van der Waals surface area (Å²) in [6, 6.07) is 2.72. The maximum Gasteiger partial charge on any atom is 0.264 e. The van der Waals surface area contributed by atoms with Gasteiger partial charge in [0.25, 0.3) is 5.56 Å². The van der Waals surface area contributed by atoms with Crippen molar-refractivity contribution in [3.63, 3.8) is 0 Å². The molecule has 1 amide bonds. The topological polar surface area (TPSA) is 104 Å². The van der Waals surface area contributed by atoms with Gasteiger partial charge in [0, 0.05) is 25.5 Å². The van der Waals surface area contributed by atoms with Crippen molar-refractivity contribution in [2.45, 2.75) is 31.4 Å². The molecule has 19 heavy (non-hydrogen) atoms. The Balaban J connectivity index is 1.78. The minimum atomic E-state index is -0.649. The number of nitrogens with zero attached hydrogens (tertiary/aromatic N) is 1. The first-order valence-electron chi connectivity index (χ1n) is 6.25. The fourth-order valence-electron chi connectivity index (χ4n) is 1.92. The van der Waals surface area contributed by atoms with Crippen LogP contribution in [0.5, 0.6) is 0 Å². The van der Waals surface area contributed by atoms with E-state index < -0.39 is 6.10 Å². The van der Waals surface area contributed by atoms with Crippen molar-refractivity contribution in [2.24, 2.45) is 0 Å². The molecule has 1 aromatic heterocycles. The van der Waals surface area contributed by atoms with Crippen LogP contribution in [0.4, 0.5) is 0 Å². The third kappa shape index (κ3) is 4.15. The van der Waals surface area contributed by atoms with E-state index in [-0.39, 0.29) is 30.5 Å². The van der Waals surface area contributed by atoms with Crippen molar-refractivity contribution in [3.05, 3.63) is 28.2 Å². The SMILES string of the molecule is O=C(CCc1ccc(=O)[nH]n1)N[C@@H]1CCOC[C@H]1O. The van der Waals surface area contributed by atoms with Crippen molar-refractivity contribution in [1.82, 2.24) is 15.5 Å². The van der Waals surface area contributed by atoms with Gasteiger partial charge in [-0.2, -0.15) is 5.10 Å². The van der Waals surface area contributed by atoms with Crippen LogP contribution in [0.3, 0.4) is 0 Å². The van der Waals surface area contributed by atoms with E-state index in [2.05, 4.69) is 15.5 Å². The van der Waals surface area contributed by atoms with Gasteiger partial charge in [0.05, 0.1) is 24.4 Å². The lowest BCUT2D eigenvalue weighted by Gasteiger charge is -2.28. The highest BCUT2D eigenvalue weighted by Gasteiger charge is 2.24. The molecule has 0 radical (unpaired) electrons. The number of hydrogen-bond acceptors (Lipinski definition) is 5. The molecule has 104 valence electrons. The van der Waals surface area contributed by atoms with Crippen LogP contribution in [0.25, 0.3) is 0 Å². The number of carbonyl (C=O) groups is 1. The van der Waals surface area contributed by atoms with Gasteiger partial charge in [-0.3, -0.25) is 9.59 Å². The zero-order valence-electron chi connectivity index (χ0n) is 10.5. The standard InChI is InChI=1S/C12H17N3O4/c16-10-7-19-6-5-9(10)13-11(17)3-1-8-2-4-12(18)15-14-8/h2,4,9-10,16H,1,3,5-7H2,(H,13,17)(H,15,18)/t9-,10-/m1/s1. The number of aryl methyl sites for hydroxylation is 1. The molecule has 2 rings (SSSR count). The number of carbonyl (C=O) groups excluding carboxylic acids is 1. The molecule has 2 heterocycles. The molecule has 0 spiro atoms. The van der Waals surface area contributed by atoms with E-state index in [1.807, 2.05) is 0 Å². The Morgan fingerprint density at radius 1 is 1.58 bits per heavy atom. The normalized spacial score (nSPS) is 23.0. The average molecular weight is 267 g/mol. The molecule has 7 nitrogen and oxygen atoms in total. The number of amides is 1. The Kier molecular flexibility index (Phi) is 4.64. The van der Waals surface area contributed by atoms with Gasteiger partial charge in [-0.05, 0) is 12.5 Å². The molecule has 0 saturated carbocycles. The first-order chi connectivity index (χ1) is 9.15. The summed E-state index contributed by atoms with van der Waals surface area (Å²) in [6.45, 7) is 0.801. The van der Waals surface area contributed by atoms with Gasteiger partial charge in [0.1, 0.15) is 0 Å². The molecule has 1 fully saturated rings. The van der Waals surface area contributed by atoms with Crippen LogP contribution in [0.15, 0.2) is 16.9 Å². The van der Waals surface area contributed by atoms with Gasteiger partial charge in [0.2, 0.25) is 5.91 Å². The lowest BCUT2D eigenvalue weighted by molar-refractivity contribution is -0.124. The number of aliphatic hydroxyl groups is 1. The smallest absolute Gasteiger partial charge is 0.264 e. The Labute approximate surface area is 110 Å². The van der Waals surface area contributed by atoms with Gasteiger partial charge in [-0.15, -0.1) is 0 Å². The monoisotopic (exact) mass is 267 g/mol. The minimum absolute atomic E-state index is 0.140. The van der Waals surface area contributed by atoms with E-state index in [0.717, 1.165) is 0 Å². The second-order valence-corrected chi connectivity index (χ2v) is 4.52. The van der Waals surface area contributed by atoms with Gasteiger partial charge >= 0.3 is 0 Å². The number of aliphatic hydroxyl groups excluding tert-OH is 1. The fraction of sp³-hybridized carbons (Fsp3) is 0.583. The predicted molar refractivity (Wildman–Crippen MR) is 66.6 cm³/mol.